The van der Waals surface area contributed by atoms with E-state index in [2.05, 4.69) is 12.1 Å². The highest BCUT2D eigenvalue weighted by Crippen LogP contribution is 2.27. The fraction of sp³-hybridized carbons (Fsp3) is 0.417. The standard InChI is InChI=1S/C24H29ClN2O3/c1-3-22(27(17-23(28)30-2)20-13-11-19(25)12-14-20)24(29)26-15-7-10-21(26)16-18-8-5-4-6-9-18/h4-6,8-9,11-14,21-22H,3,7,10,15-17H2,1-2H3/t21-,22+/m0/s1. The molecule has 1 aliphatic rings. The number of halogens is 1. The number of likely N-dealkylation sites (tertiary alicyclic amines) is 1. The maximum Gasteiger partial charge on any atom is 0.325 e. The van der Waals surface area contributed by atoms with Gasteiger partial charge in [0.2, 0.25) is 5.91 Å². The maximum absolute atomic E-state index is 13.6. The second kappa shape index (κ2) is 10.5. The molecule has 5 nitrogen and oxygen atoms in total. The molecule has 0 bridgehead atoms. The second-order valence-electron chi connectivity index (χ2n) is 7.62. The molecule has 1 saturated heterocycles. The number of amides is 1. The third-order valence-corrected chi connectivity index (χ3v) is 5.96. The Morgan fingerprint density at radius 1 is 1.17 bits per heavy atom. The molecule has 1 aliphatic heterocycles. The van der Waals surface area contributed by atoms with Gasteiger partial charge < -0.3 is 14.5 Å². The summed E-state index contributed by atoms with van der Waals surface area (Å²) in [5.41, 5.74) is 2.02. The number of rotatable bonds is 8. The number of benzene rings is 2. The van der Waals surface area contributed by atoms with Gasteiger partial charge in [0, 0.05) is 23.3 Å². The zero-order chi connectivity index (χ0) is 21.5. The van der Waals surface area contributed by atoms with Gasteiger partial charge in [-0.15, -0.1) is 0 Å². The Bertz CT molecular complexity index is 841. The van der Waals surface area contributed by atoms with Gasteiger partial charge in [-0.05, 0) is 55.5 Å². The van der Waals surface area contributed by atoms with Crippen molar-refractivity contribution >= 4 is 29.2 Å². The first-order chi connectivity index (χ1) is 14.5. The number of anilines is 1. The Morgan fingerprint density at radius 2 is 1.87 bits per heavy atom. The molecular formula is C24H29ClN2O3. The number of carbonyl (C=O) groups is 2. The third-order valence-electron chi connectivity index (χ3n) is 5.71. The van der Waals surface area contributed by atoms with E-state index in [1.165, 1.54) is 12.7 Å². The Kier molecular flexibility index (Phi) is 7.75. The van der Waals surface area contributed by atoms with E-state index in [4.69, 9.17) is 16.3 Å². The van der Waals surface area contributed by atoms with Gasteiger partial charge in [-0.25, -0.2) is 0 Å². The van der Waals surface area contributed by atoms with Crippen molar-refractivity contribution in [3.63, 3.8) is 0 Å². The minimum Gasteiger partial charge on any atom is -0.468 e. The van der Waals surface area contributed by atoms with E-state index in [1.807, 2.05) is 47.1 Å². The summed E-state index contributed by atoms with van der Waals surface area (Å²) >= 11 is 6.04. The molecule has 0 unspecified atom stereocenters. The molecule has 0 saturated carbocycles. The third kappa shape index (κ3) is 5.33. The zero-order valence-electron chi connectivity index (χ0n) is 17.6. The van der Waals surface area contributed by atoms with Crippen molar-refractivity contribution in [1.29, 1.82) is 0 Å². The van der Waals surface area contributed by atoms with Crippen molar-refractivity contribution in [1.82, 2.24) is 4.90 Å². The highest BCUT2D eigenvalue weighted by atomic mass is 35.5. The van der Waals surface area contributed by atoms with Gasteiger partial charge in [-0.1, -0.05) is 48.9 Å². The molecule has 1 fully saturated rings. The first kappa shape index (κ1) is 22.2. The highest BCUT2D eigenvalue weighted by Gasteiger charge is 2.36. The summed E-state index contributed by atoms with van der Waals surface area (Å²) in [4.78, 5) is 29.6. The van der Waals surface area contributed by atoms with E-state index < -0.39 is 6.04 Å². The van der Waals surface area contributed by atoms with Gasteiger partial charge in [0.1, 0.15) is 12.6 Å². The van der Waals surface area contributed by atoms with Crippen LogP contribution in [0.2, 0.25) is 5.02 Å². The predicted molar refractivity (Wildman–Crippen MR) is 120 cm³/mol. The molecule has 6 heteroatoms. The van der Waals surface area contributed by atoms with Crippen molar-refractivity contribution in [3.05, 3.63) is 65.2 Å². The summed E-state index contributed by atoms with van der Waals surface area (Å²) in [6, 6.07) is 17.2. The fourth-order valence-electron chi connectivity index (χ4n) is 4.16. The van der Waals surface area contributed by atoms with Crippen LogP contribution in [0.5, 0.6) is 0 Å². The van der Waals surface area contributed by atoms with Crippen molar-refractivity contribution in [2.24, 2.45) is 0 Å². The van der Waals surface area contributed by atoms with E-state index in [9.17, 15) is 9.59 Å². The van der Waals surface area contributed by atoms with E-state index in [0.717, 1.165) is 31.5 Å². The van der Waals surface area contributed by atoms with Crippen molar-refractivity contribution in [2.45, 2.75) is 44.7 Å². The molecule has 2 atom stereocenters. The van der Waals surface area contributed by atoms with Crippen LogP contribution in [0.4, 0.5) is 5.69 Å². The lowest BCUT2D eigenvalue weighted by Gasteiger charge is -2.36. The number of carbonyl (C=O) groups excluding carboxylic acids is 2. The van der Waals surface area contributed by atoms with E-state index in [1.54, 1.807) is 12.1 Å². The molecule has 1 amide bonds. The van der Waals surface area contributed by atoms with E-state index in [0.29, 0.717) is 11.4 Å². The monoisotopic (exact) mass is 428 g/mol. The van der Waals surface area contributed by atoms with Crippen LogP contribution >= 0.6 is 11.6 Å². The normalized spacial score (nSPS) is 16.9. The zero-order valence-corrected chi connectivity index (χ0v) is 18.3. The number of ether oxygens (including phenoxy) is 1. The summed E-state index contributed by atoms with van der Waals surface area (Å²) < 4.78 is 4.89. The van der Waals surface area contributed by atoms with Crippen molar-refractivity contribution in [2.75, 3.05) is 25.1 Å². The quantitative estimate of drug-likeness (QED) is 0.587. The molecule has 2 aromatic carbocycles. The molecular weight excluding hydrogens is 400 g/mol. The topological polar surface area (TPSA) is 49.9 Å². The van der Waals surface area contributed by atoms with Crippen LogP contribution in [0.25, 0.3) is 0 Å². The number of hydrogen-bond donors (Lipinski definition) is 0. The van der Waals surface area contributed by atoms with E-state index >= 15 is 0 Å². The molecule has 2 aromatic rings. The molecule has 3 rings (SSSR count). The number of nitrogens with zero attached hydrogens (tertiary/aromatic N) is 2. The summed E-state index contributed by atoms with van der Waals surface area (Å²) in [6.45, 7) is 2.74. The lowest BCUT2D eigenvalue weighted by Crippen LogP contribution is -2.52. The lowest BCUT2D eigenvalue weighted by atomic mass is 10.0. The Hall–Kier alpha value is -2.53. The Balaban J connectivity index is 1.83. The average molecular weight is 429 g/mol. The summed E-state index contributed by atoms with van der Waals surface area (Å²) in [5.74, 6) is -0.312. The molecule has 0 radical (unpaired) electrons. The highest BCUT2D eigenvalue weighted by molar-refractivity contribution is 6.30. The van der Waals surface area contributed by atoms with Crippen LogP contribution in [0, 0.1) is 0 Å². The summed E-state index contributed by atoms with van der Waals surface area (Å²) in [7, 11) is 1.36. The summed E-state index contributed by atoms with van der Waals surface area (Å²) in [6.07, 6.45) is 3.43. The first-order valence-corrected chi connectivity index (χ1v) is 10.8. The van der Waals surface area contributed by atoms with Gasteiger partial charge in [0.15, 0.2) is 0 Å². The second-order valence-corrected chi connectivity index (χ2v) is 8.06. The molecule has 1 heterocycles. The first-order valence-electron chi connectivity index (χ1n) is 10.5. The number of methoxy groups -OCH3 is 1. The van der Waals surface area contributed by atoms with Crippen molar-refractivity contribution < 1.29 is 14.3 Å². The summed E-state index contributed by atoms with van der Waals surface area (Å²) in [5, 5.41) is 0.610. The minimum atomic E-state index is -0.443. The van der Waals surface area contributed by atoms with Crippen LogP contribution in [-0.2, 0) is 20.7 Å². The van der Waals surface area contributed by atoms with Gasteiger partial charge in [-0.2, -0.15) is 0 Å². The van der Waals surface area contributed by atoms with Crippen LogP contribution in [-0.4, -0.2) is 49.1 Å². The van der Waals surface area contributed by atoms with Gasteiger partial charge in [-0.3, -0.25) is 9.59 Å². The molecule has 160 valence electrons. The largest absolute Gasteiger partial charge is 0.468 e. The SMILES string of the molecule is CC[C@H](C(=O)N1CCC[C@H]1Cc1ccccc1)N(CC(=O)OC)c1ccc(Cl)cc1. The van der Waals surface area contributed by atoms with Crippen LogP contribution in [0.15, 0.2) is 54.6 Å². The van der Waals surface area contributed by atoms with Crippen LogP contribution < -0.4 is 4.90 Å². The molecule has 0 spiro atoms. The predicted octanol–water partition coefficient (Wildman–Crippen LogP) is 4.33. The van der Waals surface area contributed by atoms with Crippen molar-refractivity contribution in [3.8, 4) is 0 Å². The molecule has 0 aliphatic carbocycles. The van der Waals surface area contributed by atoms with Gasteiger partial charge >= 0.3 is 5.97 Å². The maximum atomic E-state index is 13.6. The van der Waals surface area contributed by atoms with E-state index in [-0.39, 0.29) is 24.5 Å². The smallest absolute Gasteiger partial charge is 0.325 e. The Labute approximate surface area is 183 Å². The van der Waals surface area contributed by atoms with Crippen LogP contribution in [0.3, 0.4) is 0 Å². The number of hydrogen-bond acceptors (Lipinski definition) is 4. The minimum absolute atomic E-state index is 0.0135. The van der Waals surface area contributed by atoms with Crippen LogP contribution in [0.1, 0.15) is 31.7 Å². The van der Waals surface area contributed by atoms with Gasteiger partial charge in [0.25, 0.3) is 0 Å². The molecule has 0 aromatic heterocycles. The Morgan fingerprint density at radius 3 is 2.50 bits per heavy atom. The lowest BCUT2D eigenvalue weighted by molar-refractivity contribution is -0.139. The molecule has 0 N–H and O–H groups in total. The fourth-order valence-corrected chi connectivity index (χ4v) is 4.29. The average Bonchev–Trinajstić information content (AvgIpc) is 3.22. The number of esters is 1. The molecule has 30 heavy (non-hydrogen) atoms. The van der Waals surface area contributed by atoms with Gasteiger partial charge in [0.05, 0.1) is 7.11 Å².